The Hall–Kier alpha value is -3.12. The zero-order chi connectivity index (χ0) is 26.2. The molecule has 1 aliphatic rings. The van der Waals surface area contributed by atoms with Crippen LogP contribution in [-0.4, -0.2) is 58.2 Å². The van der Waals surface area contributed by atoms with Gasteiger partial charge in [0.15, 0.2) is 11.6 Å². The Bertz CT molecular complexity index is 1370. The van der Waals surface area contributed by atoms with Gasteiger partial charge in [-0.05, 0) is 43.7 Å². The Kier molecular flexibility index (Phi) is 7.28. The number of ether oxygens (including phenoxy) is 3. The van der Waals surface area contributed by atoms with E-state index in [1.54, 1.807) is 13.8 Å². The summed E-state index contributed by atoms with van der Waals surface area (Å²) in [5.41, 5.74) is 3.95. The molecule has 36 heavy (non-hydrogen) atoms. The van der Waals surface area contributed by atoms with Gasteiger partial charge in [-0.1, -0.05) is 17.7 Å². The van der Waals surface area contributed by atoms with Crippen LogP contribution in [0.25, 0.3) is 10.9 Å². The monoisotopic (exact) mass is 523 g/mol. The van der Waals surface area contributed by atoms with E-state index in [0.29, 0.717) is 5.56 Å². The van der Waals surface area contributed by atoms with Gasteiger partial charge in [0.1, 0.15) is 30.0 Å². The second-order valence-corrected chi connectivity index (χ2v) is 9.36. The van der Waals surface area contributed by atoms with Crippen LogP contribution in [0, 0.1) is 11.6 Å². The molecule has 3 N–H and O–H groups in total. The molecule has 0 radical (unpaired) electrons. The van der Waals surface area contributed by atoms with Crippen LogP contribution in [0.15, 0.2) is 35.1 Å². The number of amides is 1. The second-order valence-electron chi connectivity index (χ2n) is 8.95. The molecule has 3 aromatic rings. The van der Waals surface area contributed by atoms with Gasteiger partial charge in [-0.3, -0.25) is 14.2 Å². The average molecular weight is 524 g/mol. The topological polar surface area (TPSA) is 126 Å². The average Bonchev–Trinajstić information content (AvgIpc) is 2.82. The minimum absolute atomic E-state index is 0.00138. The maximum Gasteiger partial charge on any atom is 0.284 e. The van der Waals surface area contributed by atoms with Gasteiger partial charge in [-0.25, -0.2) is 13.8 Å². The van der Waals surface area contributed by atoms with Crippen LogP contribution in [0.2, 0.25) is 5.02 Å². The summed E-state index contributed by atoms with van der Waals surface area (Å²) in [5, 5.41) is 9.67. The standard InChI is InChI=1S/C24H24ClF2N3O6/c1-24(2,33)18-11-34-13(9-35-18)10-36-20-16(27)5-6-17-19(20)23(32)30(22(29-17)21(28)31)8-12-3-4-15(26)14(25)7-12/h3-7,13,18,33H,8-11H2,1-2H3,(H2,28,31). The summed E-state index contributed by atoms with van der Waals surface area (Å²) in [6.07, 6.45) is -1.12. The number of nitrogens with zero attached hydrogens (tertiary/aromatic N) is 2. The summed E-state index contributed by atoms with van der Waals surface area (Å²) in [6.45, 7) is 3.00. The summed E-state index contributed by atoms with van der Waals surface area (Å²) in [5.74, 6) is -3.20. The highest BCUT2D eigenvalue weighted by Crippen LogP contribution is 2.27. The van der Waals surface area contributed by atoms with E-state index in [1.807, 2.05) is 0 Å². The minimum atomic E-state index is -1.10. The third-order valence-electron chi connectivity index (χ3n) is 5.74. The van der Waals surface area contributed by atoms with E-state index < -0.39 is 40.9 Å². The van der Waals surface area contributed by atoms with Crippen molar-refractivity contribution in [3.63, 3.8) is 0 Å². The largest absolute Gasteiger partial charge is 0.487 e. The molecular formula is C24H24ClF2N3O6. The molecule has 1 amide bonds. The molecule has 1 saturated heterocycles. The molecule has 0 saturated carbocycles. The zero-order valence-electron chi connectivity index (χ0n) is 19.5. The molecule has 1 fully saturated rings. The molecule has 2 unspecified atom stereocenters. The van der Waals surface area contributed by atoms with E-state index in [1.165, 1.54) is 18.2 Å². The Morgan fingerprint density at radius 1 is 1.25 bits per heavy atom. The first-order valence-corrected chi connectivity index (χ1v) is 11.4. The smallest absolute Gasteiger partial charge is 0.284 e. The second kappa shape index (κ2) is 10.1. The molecule has 2 heterocycles. The number of halogens is 3. The highest BCUT2D eigenvalue weighted by molar-refractivity contribution is 6.30. The van der Waals surface area contributed by atoms with Crippen molar-refractivity contribution < 1.29 is 32.9 Å². The van der Waals surface area contributed by atoms with Crippen molar-refractivity contribution >= 4 is 28.4 Å². The van der Waals surface area contributed by atoms with E-state index in [-0.39, 0.29) is 53.9 Å². The Morgan fingerprint density at radius 3 is 2.58 bits per heavy atom. The van der Waals surface area contributed by atoms with E-state index in [2.05, 4.69) is 4.98 Å². The van der Waals surface area contributed by atoms with Crippen molar-refractivity contribution in [1.82, 2.24) is 9.55 Å². The maximum atomic E-state index is 14.8. The van der Waals surface area contributed by atoms with Crippen LogP contribution in [0.5, 0.6) is 5.75 Å². The first-order valence-electron chi connectivity index (χ1n) is 11.0. The van der Waals surface area contributed by atoms with Gasteiger partial charge in [0.2, 0.25) is 5.82 Å². The van der Waals surface area contributed by atoms with Crippen LogP contribution in [0.1, 0.15) is 30.0 Å². The van der Waals surface area contributed by atoms with Gasteiger partial charge in [-0.2, -0.15) is 0 Å². The number of aromatic nitrogens is 2. The first-order chi connectivity index (χ1) is 17.0. The van der Waals surface area contributed by atoms with E-state index >= 15 is 0 Å². The van der Waals surface area contributed by atoms with Gasteiger partial charge in [0.05, 0.1) is 35.9 Å². The molecule has 1 aliphatic heterocycles. The number of hydrogen-bond donors (Lipinski definition) is 2. The molecule has 0 spiro atoms. The molecule has 2 atom stereocenters. The van der Waals surface area contributed by atoms with Crippen molar-refractivity contribution in [3.8, 4) is 5.75 Å². The summed E-state index contributed by atoms with van der Waals surface area (Å²) >= 11 is 5.84. The predicted octanol–water partition coefficient (Wildman–Crippen LogP) is 2.41. The lowest BCUT2D eigenvalue weighted by Crippen LogP contribution is -2.49. The van der Waals surface area contributed by atoms with Crippen LogP contribution in [0.3, 0.4) is 0 Å². The number of nitrogens with two attached hydrogens (primary N) is 1. The highest BCUT2D eigenvalue weighted by Gasteiger charge is 2.33. The number of aliphatic hydroxyl groups is 1. The summed E-state index contributed by atoms with van der Waals surface area (Å²) in [7, 11) is 0. The number of hydrogen-bond acceptors (Lipinski definition) is 7. The number of carbonyl (C=O) groups excluding carboxylic acids is 1. The molecule has 192 valence electrons. The molecule has 4 rings (SSSR count). The van der Waals surface area contributed by atoms with Crippen LogP contribution < -0.4 is 16.0 Å². The van der Waals surface area contributed by atoms with Gasteiger partial charge in [0.25, 0.3) is 11.5 Å². The molecule has 2 aromatic carbocycles. The normalized spacial score (nSPS) is 18.4. The quantitative estimate of drug-likeness (QED) is 0.487. The minimum Gasteiger partial charge on any atom is -0.487 e. The predicted molar refractivity (Wildman–Crippen MR) is 126 cm³/mol. The van der Waals surface area contributed by atoms with Gasteiger partial charge >= 0.3 is 0 Å². The van der Waals surface area contributed by atoms with E-state index in [9.17, 15) is 23.5 Å². The molecule has 9 nitrogen and oxygen atoms in total. The van der Waals surface area contributed by atoms with E-state index in [4.69, 9.17) is 31.5 Å². The van der Waals surface area contributed by atoms with Crippen molar-refractivity contribution in [1.29, 1.82) is 0 Å². The number of carbonyl (C=O) groups is 1. The summed E-state index contributed by atoms with van der Waals surface area (Å²) in [6, 6.07) is 6.08. The Balaban J connectivity index is 1.68. The number of rotatable bonds is 7. The molecule has 12 heteroatoms. The molecular weight excluding hydrogens is 500 g/mol. The lowest BCUT2D eigenvalue weighted by molar-refractivity contribution is -0.194. The lowest BCUT2D eigenvalue weighted by Gasteiger charge is -2.35. The van der Waals surface area contributed by atoms with Crippen molar-refractivity contribution in [2.75, 3.05) is 19.8 Å². The zero-order valence-corrected chi connectivity index (χ0v) is 20.2. The van der Waals surface area contributed by atoms with Gasteiger partial charge in [0, 0.05) is 0 Å². The number of benzene rings is 2. The fourth-order valence-corrected chi connectivity index (χ4v) is 3.98. The van der Waals surface area contributed by atoms with Crippen LogP contribution >= 0.6 is 11.6 Å². The van der Waals surface area contributed by atoms with Crippen molar-refractivity contribution in [2.45, 2.75) is 38.2 Å². The third kappa shape index (κ3) is 5.34. The Morgan fingerprint density at radius 2 is 1.97 bits per heavy atom. The maximum absolute atomic E-state index is 14.8. The molecule has 0 aliphatic carbocycles. The number of fused-ring (bicyclic) bond motifs is 1. The van der Waals surface area contributed by atoms with Gasteiger partial charge in [-0.15, -0.1) is 0 Å². The van der Waals surface area contributed by atoms with Crippen molar-refractivity contribution in [2.24, 2.45) is 5.73 Å². The number of primary amides is 1. The summed E-state index contributed by atoms with van der Waals surface area (Å²) < 4.78 is 46.3. The first kappa shape index (κ1) is 26.0. The fourth-order valence-electron chi connectivity index (χ4n) is 3.77. The Labute approximate surface area is 209 Å². The lowest BCUT2D eigenvalue weighted by atomic mass is 10.0. The molecule has 1 aromatic heterocycles. The van der Waals surface area contributed by atoms with E-state index in [0.717, 1.165) is 16.7 Å². The van der Waals surface area contributed by atoms with Crippen LogP contribution in [0.4, 0.5) is 8.78 Å². The third-order valence-corrected chi connectivity index (χ3v) is 6.03. The molecule has 0 bridgehead atoms. The summed E-state index contributed by atoms with van der Waals surface area (Å²) in [4.78, 5) is 29.7. The van der Waals surface area contributed by atoms with Crippen LogP contribution in [-0.2, 0) is 16.0 Å². The SMILES string of the molecule is CC(C)(O)C1COC(COc2c(F)ccc3nc(C(N)=O)n(Cc4ccc(F)c(Cl)c4)c(=O)c23)CO1. The van der Waals surface area contributed by atoms with Crippen molar-refractivity contribution in [3.05, 3.63) is 68.7 Å². The van der Waals surface area contributed by atoms with Gasteiger partial charge < -0.3 is 25.1 Å². The highest BCUT2D eigenvalue weighted by atomic mass is 35.5. The fraction of sp³-hybridized carbons (Fsp3) is 0.375.